The fourth-order valence-corrected chi connectivity index (χ4v) is 4.58. The van der Waals surface area contributed by atoms with Gasteiger partial charge in [0, 0.05) is 6.42 Å². The Balaban J connectivity index is 1.56. The summed E-state index contributed by atoms with van der Waals surface area (Å²) in [5.41, 5.74) is 2.38. The van der Waals surface area contributed by atoms with Crippen LogP contribution in [0.5, 0.6) is 5.75 Å². The average Bonchev–Trinajstić information content (AvgIpc) is 3.11. The molecule has 1 spiro atoms. The summed E-state index contributed by atoms with van der Waals surface area (Å²) in [4.78, 5) is 0. The van der Waals surface area contributed by atoms with Crippen molar-refractivity contribution in [3.05, 3.63) is 29.3 Å². The molecule has 2 aliphatic carbocycles. The molecular formula is C18H24O2. The van der Waals surface area contributed by atoms with Gasteiger partial charge in [-0.05, 0) is 67.2 Å². The maximum Gasteiger partial charge on any atom is 0.122 e. The third-order valence-electron chi connectivity index (χ3n) is 6.03. The van der Waals surface area contributed by atoms with Crippen molar-refractivity contribution in [1.29, 1.82) is 0 Å². The zero-order chi connectivity index (χ0) is 13.6. The summed E-state index contributed by atoms with van der Waals surface area (Å²) in [6.45, 7) is 0.792. The van der Waals surface area contributed by atoms with Gasteiger partial charge in [0.05, 0.1) is 12.2 Å². The second-order valence-electron chi connectivity index (χ2n) is 7.16. The Bertz CT molecular complexity index is 504. The molecule has 0 amide bonds. The summed E-state index contributed by atoms with van der Waals surface area (Å²) >= 11 is 0. The van der Waals surface area contributed by atoms with E-state index in [1.807, 2.05) is 0 Å². The van der Waals surface area contributed by atoms with Crippen molar-refractivity contribution in [3.8, 4) is 5.75 Å². The Hall–Kier alpha value is -1.02. The van der Waals surface area contributed by atoms with E-state index in [4.69, 9.17) is 4.74 Å². The number of benzene rings is 1. The minimum Gasteiger partial charge on any atom is -0.493 e. The highest BCUT2D eigenvalue weighted by Crippen LogP contribution is 2.53. The van der Waals surface area contributed by atoms with Gasteiger partial charge < -0.3 is 9.84 Å². The van der Waals surface area contributed by atoms with Crippen molar-refractivity contribution < 1.29 is 9.84 Å². The fraction of sp³-hybridized carbons (Fsp3) is 0.667. The summed E-state index contributed by atoms with van der Waals surface area (Å²) in [5, 5.41) is 11.1. The molecule has 1 aromatic carbocycles. The lowest BCUT2D eigenvalue weighted by molar-refractivity contribution is -0.0376. The molecule has 0 saturated heterocycles. The van der Waals surface area contributed by atoms with Crippen LogP contribution in [0.2, 0.25) is 0 Å². The lowest BCUT2D eigenvalue weighted by Crippen LogP contribution is -2.36. The minimum absolute atomic E-state index is 0.575. The van der Waals surface area contributed by atoms with Crippen LogP contribution in [-0.4, -0.2) is 11.7 Å². The molecule has 2 saturated carbocycles. The van der Waals surface area contributed by atoms with Crippen LogP contribution in [0.4, 0.5) is 0 Å². The van der Waals surface area contributed by atoms with Gasteiger partial charge in [-0.3, -0.25) is 0 Å². The molecule has 0 bridgehead atoms. The van der Waals surface area contributed by atoms with Crippen LogP contribution in [0.1, 0.15) is 62.5 Å². The number of hydrogen-bond acceptors (Lipinski definition) is 2. The van der Waals surface area contributed by atoms with Gasteiger partial charge in [0.15, 0.2) is 0 Å². The molecule has 108 valence electrons. The molecule has 1 aromatic rings. The SMILES string of the molecule is OC1(c2ccc3c(c2)CCO3)CCC2(CCCC2)CC1. The highest BCUT2D eigenvalue weighted by Gasteiger charge is 2.43. The predicted octanol–water partition coefficient (Wildman–Crippen LogP) is 3.94. The monoisotopic (exact) mass is 272 g/mol. The Morgan fingerprint density at radius 2 is 1.70 bits per heavy atom. The number of fused-ring (bicyclic) bond motifs is 1. The van der Waals surface area contributed by atoms with Gasteiger partial charge in [0.2, 0.25) is 0 Å². The van der Waals surface area contributed by atoms with Gasteiger partial charge in [0.1, 0.15) is 5.75 Å². The third-order valence-corrected chi connectivity index (χ3v) is 6.03. The third kappa shape index (κ3) is 1.96. The van der Waals surface area contributed by atoms with Crippen LogP contribution in [0.25, 0.3) is 0 Å². The van der Waals surface area contributed by atoms with Crippen molar-refractivity contribution in [2.45, 2.75) is 63.4 Å². The van der Waals surface area contributed by atoms with Crippen LogP contribution in [0, 0.1) is 5.41 Å². The Labute approximate surface area is 121 Å². The Morgan fingerprint density at radius 1 is 0.950 bits per heavy atom. The van der Waals surface area contributed by atoms with E-state index in [1.54, 1.807) is 0 Å². The molecule has 0 unspecified atom stereocenters. The van der Waals surface area contributed by atoms with Gasteiger partial charge >= 0.3 is 0 Å². The van der Waals surface area contributed by atoms with Crippen molar-refractivity contribution in [2.24, 2.45) is 5.41 Å². The highest BCUT2D eigenvalue weighted by atomic mass is 16.5. The average molecular weight is 272 g/mol. The topological polar surface area (TPSA) is 29.5 Å². The summed E-state index contributed by atoms with van der Waals surface area (Å²) in [6.07, 6.45) is 10.8. The molecule has 1 aliphatic heterocycles. The van der Waals surface area contributed by atoms with Gasteiger partial charge in [0.25, 0.3) is 0 Å². The Morgan fingerprint density at radius 3 is 2.45 bits per heavy atom. The first-order valence-electron chi connectivity index (χ1n) is 8.18. The summed E-state index contributed by atoms with van der Waals surface area (Å²) in [6, 6.07) is 6.32. The molecule has 3 aliphatic rings. The van der Waals surface area contributed by atoms with Crippen molar-refractivity contribution in [3.63, 3.8) is 0 Å². The number of rotatable bonds is 1. The summed E-state index contributed by atoms with van der Waals surface area (Å²) < 4.78 is 5.57. The van der Waals surface area contributed by atoms with Gasteiger partial charge in [-0.2, -0.15) is 0 Å². The van der Waals surface area contributed by atoms with E-state index in [0.717, 1.165) is 37.2 Å². The van der Waals surface area contributed by atoms with Crippen LogP contribution in [0.15, 0.2) is 18.2 Å². The summed E-state index contributed by atoms with van der Waals surface area (Å²) in [5.74, 6) is 1.01. The first-order chi connectivity index (χ1) is 9.69. The molecule has 1 heterocycles. The Kier molecular flexibility index (Phi) is 2.85. The maximum atomic E-state index is 11.1. The minimum atomic E-state index is -0.592. The van der Waals surface area contributed by atoms with Gasteiger partial charge in [-0.1, -0.05) is 18.9 Å². The van der Waals surface area contributed by atoms with E-state index in [0.29, 0.717) is 5.41 Å². The first kappa shape index (κ1) is 12.7. The standard InChI is InChI=1S/C18H24O2/c19-18(10-8-17(9-11-18)6-1-2-7-17)15-3-4-16-14(13-15)5-12-20-16/h3-4,13,19H,1-2,5-12H2. The van der Waals surface area contributed by atoms with Crippen LogP contribution in [0.3, 0.4) is 0 Å². The second-order valence-corrected chi connectivity index (χ2v) is 7.16. The predicted molar refractivity (Wildman–Crippen MR) is 78.9 cm³/mol. The van der Waals surface area contributed by atoms with E-state index in [1.165, 1.54) is 44.1 Å². The number of ether oxygens (including phenoxy) is 1. The molecule has 2 nitrogen and oxygen atoms in total. The maximum absolute atomic E-state index is 11.1. The largest absolute Gasteiger partial charge is 0.493 e. The molecule has 0 atom stereocenters. The van der Waals surface area contributed by atoms with E-state index in [9.17, 15) is 5.11 Å². The summed E-state index contributed by atoms with van der Waals surface area (Å²) in [7, 11) is 0. The van der Waals surface area contributed by atoms with E-state index in [-0.39, 0.29) is 0 Å². The molecule has 20 heavy (non-hydrogen) atoms. The van der Waals surface area contributed by atoms with E-state index >= 15 is 0 Å². The number of aliphatic hydroxyl groups is 1. The molecule has 4 rings (SSSR count). The van der Waals surface area contributed by atoms with Crippen molar-refractivity contribution >= 4 is 0 Å². The molecule has 0 aromatic heterocycles. The molecular weight excluding hydrogens is 248 g/mol. The highest BCUT2D eigenvalue weighted by molar-refractivity contribution is 5.41. The van der Waals surface area contributed by atoms with Crippen LogP contribution in [-0.2, 0) is 12.0 Å². The normalized spacial score (nSPS) is 26.4. The molecule has 1 N–H and O–H groups in total. The second kappa shape index (κ2) is 4.49. The van der Waals surface area contributed by atoms with Crippen molar-refractivity contribution in [1.82, 2.24) is 0 Å². The number of hydrogen-bond donors (Lipinski definition) is 1. The zero-order valence-corrected chi connectivity index (χ0v) is 12.2. The quantitative estimate of drug-likeness (QED) is 0.839. The molecule has 2 heteroatoms. The molecule has 0 radical (unpaired) electrons. The van der Waals surface area contributed by atoms with Crippen LogP contribution >= 0.6 is 0 Å². The zero-order valence-electron chi connectivity index (χ0n) is 12.2. The van der Waals surface area contributed by atoms with Gasteiger partial charge in [-0.25, -0.2) is 0 Å². The lowest BCUT2D eigenvalue weighted by atomic mass is 9.66. The molecule has 2 fully saturated rings. The van der Waals surface area contributed by atoms with Crippen LogP contribution < -0.4 is 4.74 Å². The first-order valence-corrected chi connectivity index (χ1v) is 8.18. The smallest absolute Gasteiger partial charge is 0.122 e. The fourth-order valence-electron chi connectivity index (χ4n) is 4.58. The van der Waals surface area contributed by atoms with E-state index < -0.39 is 5.60 Å². The van der Waals surface area contributed by atoms with E-state index in [2.05, 4.69) is 18.2 Å². The van der Waals surface area contributed by atoms with Gasteiger partial charge in [-0.15, -0.1) is 0 Å². The lowest BCUT2D eigenvalue weighted by Gasteiger charge is -2.42. The van der Waals surface area contributed by atoms with Crippen molar-refractivity contribution in [2.75, 3.05) is 6.61 Å².